The van der Waals surface area contributed by atoms with E-state index in [2.05, 4.69) is 0 Å². The molecule has 7 heteroatoms. The van der Waals surface area contributed by atoms with Gasteiger partial charge in [-0.2, -0.15) is 0 Å². The van der Waals surface area contributed by atoms with E-state index in [0.29, 0.717) is 11.1 Å². The Morgan fingerprint density at radius 1 is 0.909 bits per heavy atom. The molecule has 33 heavy (non-hydrogen) atoms. The van der Waals surface area contributed by atoms with Gasteiger partial charge in [0, 0.05) is 5.56 Å². The Morgan fingerprint density at radius 3 is 2.33 bits per heavy atom. The van der Waals surface area contributed by atoms with Crippen molar-refractivity contribution in [3.05, 3.63) is 88.5 Å². The van der Waals surface area contributed by atoms with E-state index in [9.17, 15) is 22.4 Å². The van der Waals surface area contributed by atoms with Crippen molar-refractivity contribution in [1.82, 2.24) is 0 Å². The van der Waals surface area contributed by atoms with Gasteiger partial charge in [-0.3, -0.25) is 0 Å². The lowest BCUT2D eigenvalue weighted by Gasteiger charge is -2.14. The molecule has 3 aromatic carbocycles. The lowest BCUT2D eigenvalue weighted by Crippen LogP contribution is -2.19. The predicted octanol–water partition coefficient (Wildman–Crippen LogP) is 6.33. The van der Waals surface area contributed by atoms with Crippen molar-refractivity contribution >= 4 is 5.97 Å². The maximum atomic E-state index is 15.0. The van der Waals surface area contributed by atoms with Crippen molar-refractivity contribution in [2.75, 3.05) is 6.61 Å². The molecule has 0 radical (unpaired) electrons. The van der Waals surface area contributed by atoms with Crippen LogP contribution >= 0.6 is 0 Å². The third kappa shape index (κ3) is 6.12. The SMILES string of the molecule is Cc1cc(OCC(=O)OC(C)C)c(F)c(CCc2cc(-c3cccc(F)c3)ccc2F)c1F. The molecule has 0 bridgehead atoms. The summed E-state index contributed by atoms with van der Waals surface area (Å²) in [5.41, 5.74) is 1.25. The zero-order chi connectivity index (χ0) is 24.1. The maximum Gasteiger partial charge on any atom is 0.344 e. The zero-order valence-electron chi connectivity index (χ0n) is 18.6. The highest BCUT2D eigenvalue weighted by molar-refractivity contribution is 5.71. The predicted molar refractivity (Wildman–Crippen MR) is 117 cm³/mol. The van der Waals surface area contributed by atoms with Crippen LogP contribution in [0.25, 0.3) is 11.1 Å². The molecule has 3 aromatic rings. The summed E-state index contributed by atoms with van der Waals surface area (Å²) >= 11 is 0. The number of rotatable bonds is 8. The van der Waals surface area contributed by atoms with Gasteiger partial charge in [-0.25, -0.2) is 22.4 Å². The van der Waals surface area contributed by atoms with E-state index < -0.39 is 35.8 Å². The van der Waals surface area contributed by atoms with Crippen LogP contribution < -0.4 is 4.74 Å². The van der Waals surface area contributed by atoms with E-state index >= 15 is 0 Å². The number of carbonyl (C=O) groups is 1. The number of hydrogen-bond acceptors (Lipinski definition) is 3. The first-order chi connectivity index (χ1) is 15.7. The number of esters is 1. The topological polar surface area (TPSA) is 35.5 Å². The fourth-order valence-corrected chi connectivity index (χ4v) is 3.44. The highest BCUT2D eigenvalue weighted by atomic mass is 19.1. The van der Waals surface area contributed by atoms with E-state index in [1.54, 1.807) is 26.0 Å². The highest BCUT2D eigenvalue weighted by Crippen LogP contribution is 2.29. The molecule has 0 aliphatic rings. The van der Waals surface area contributed by atoms with Gasteiger partial charge in [-0.15, -0.1) is 0 Å². The second kappa shape index (κ2) is 10.5. The number of aryl methyl sites for hydroxylation is 2. The molecule has 0 saturated heterocycles. The Morgan fingerprint density at radius 2 is 1.64 bits per heavy atom. The minimum Gasteiger partial charge on any atom is -0.479 e. The summed E-state index contributed by atoms with van der Waals surface area (Å²) in [5.74, 6) is -3.62. The van der Waals surface area contributed by atoms with E-state index in [1.807, 2.05) is 0 Å². The van der Waals surface area contributed by atoms with Crippen LogP contribution in [0, 0.1) is 30.2 Å². The molecule has 0 saturated carbocycles. The first kappa shape index (κ1) is 24.3. The zero-order valence-corrected chi connectivity index (χ0v) is 18.6. The average Bonchev–Trinajstić information content (AvgIpc) is 2.76. The van der Waals surface area contributed by atoms with Crippen molar-refractivity contribution in [3.63, 3.8) is 0 Å². The highest BCUT2D eigenvalue weighted by Gasteiger charge is 2.20. The number of carbonyl (C=O) groups excluding carboxylic acids is 1. The number of ether oxygens (including phenoxy) is 2. The van der Waals surface area contributed by atoms with Gasteiger partial charge in [-0.1, -0.05) is 18.2 Å². The molecule has 0 heterocycles. The summed E-state index contributed by atoms with van der Waals surface area (Å²) in [4.78, 5) is 11.7. The third-order valence-electron chi connectivity index (χ3n) is 5.00. The van der Waals surface area contributed by atoms with Gasteiger partial charge in [0.1, 0.15) is 17.5 Å². The first-order valence-electron chi connectivity index (χ1n) is 10.5. The number of halogens is 4. The van der Waals surface area contributed by atoms with Crippen LogP contribution in [-0.4, -0.2) is 18.7 Å². The molecule has 0 spiro atoms. The number of benzene rings is 3. The van der Waals surface area contributed by atoms with E-state index in [-0.39, 0.29) is 41.4 Å². The van der Waals surface area contributed by atoms with Gasteiger partial charge in [0.15, 0.2) is 18.2 Å². The molecular formula is C26H24F4O3. The van der Waals surface area contributed by atoms with Gasteiger partial charge in [0.05, 0.1) is 6.10 Å². The lowest BCUT2D eigenvalue weighted by molar-refractivity contribution is -0.149. The van der Waals surface area contributed by atoms with Crippen LogP contribution in [0.3, 0.4) is 0 Å². The quantitative estimate of drug-likeness (QED) is 0.291. The Balaban J connectivity index is 1.81. The van der Waals surface area contributed by atoms with Crippen molar-refractivity contribution in [3.8, 4) is 16.9 Å². The van der Waals surface area contributed by atoms with Crippen LogP contribution in [0.5, 0.6) is 5.75 Å². The first-order valence-corrected chi connectivity index (χ1v) is 10.5. The summed E-state index contributed by atoms with van der Waals surface area (Å²) in [6.45, 7) is 4.26. The van der Waals surface area contributed by atoms with Crippen molar-refractivity contribution < 1.29 is 31.8 Å². The van der Waals surface area contributed by atoms with E-state index in [0.717, 1.165) is 0 Å². The van der Waals surface area contributed by atoms with Crippen molar-refractivity contribution in [2.45, 2.75) is 39.7 Å². The van der Waals surface area contributed by atoms with Gasteiger partial charge < -0.3 is 9.47 Å². The van der Waals surface area contributed by atoms with E-state index in [4.69, 9.17) is 9.47 Å². The molecule has 0 aromatic heterocycles. The smallest absolute Gasteiger partial charge is 0.344 e. The van der Waals surface area contributed by atoms with E-state index in [1.165, 1.54) is 43.3 Å². The summed E-state index contributed by atoms with van der Waals surface area (Å²) in [7, 11) is 0. The van der Waals surface area contributed by atoms with Crippen molar-refractivity contribution in [2.24, 2.45) is 0 Å². The number of hydrogen-bond donors (Lipinski definition) is 0. The van der Waals surface area contributed by atoms with Crippen LogP contribution in [-0.2, 0) is 22.4 Å². The van der Waals surface area contributed by atoms with Crippen LogP contribution in [0.15, 0.2) is 48.5 Å². The average molecular weight is 460 g/mol. The third-order valence-corrected chi connectivity index (χ3v) is 5.00. The Kier molecular flexibility index (Phi) is 7.74. The molecule has 0 aliphatic heterocycles. The van der Waals surface area contributed by atoms with Gasteiger partial charge >= 0.3 is 5.97 Å². The Labute approximate surface area is 190 Å². The van der Waals surface area contributed by atoms with Gasteiger partial charge in [0.2, 0.25) is 0 Å². The standard InChI is InChI=1S/C26H24F4O3/c1-15(2)33-24(31)14-32-23-11-16(3)25(29)21(26(23)30)9-7-19-12-18(8-10-22(19)28)17-5-4-6-20(27)13-17/h4-6,8,10-13,15H,7,9,14H2,1-3H3. The summed E-state index contributed by atoms with van der Waals surface area (Å²) in [6.07, 6.45) is -0.494. The largest absolute Gasteiger partial charge is 0.479 e. The molecule has 174 valence electrons. The summed E-state index contributed by atoms with van der Waals surface area (Å²) < 4.78 is 67.8. The minimum absolute atomic E-state index is 0.00110. The molecule has 0 amide bonds. The Hall–Kier alpha value is -3.35. The summed E-state index contributed by atoms with van der Waals surface area (Å²) in [6, 6.07) is 11.3. The van der Waals surface area contributed by atoms with Crippen LogP contribution in [0.2, 0.25) is 0 Å². The fourth-order valence-electron chi connectivity index (χ4n) is 3.44. The molecule has 0 fully saturated rings. The monoisotopic (exact) mass is 460 g/mol. The molecular weight excluding hydrogens is 436 g/mol. The molecule has 0 atom stereocenters. The molecule has 3 rings (SSSR count). The molecule has 0 N–H and O–H groups in total. The fraction of sp³-hybridized carbons (Fsp3) is 0.269. The molecule has 0 unspecified atom stereocenters. The Bertz CT molecular complexity index is 1160. The van der Waals surface area contributed by atoms with Gasteiger partial charge in [0.25, 0.3) is 0 Å². The van der Waals surface area contributed by atoms with Crippen LogP contribution in [0.4, 0.5) is 17.6 Å². The second-order valence-corrected chi connectivity index (χ2v) is 7.94. The summed E-state index contributed by atoms with van der Waals surface area (Å²) in [5, 5.41) is 0. The minimum atomic E-state index is -0.947. The lowest BCUT2D eigenvalue weighted by atomic mass is 9.97. The normalized spacial score (nSPS) is 11.0. The molecule has 3 nitrogen and oxygen atoms in total. The van der Waals surface area contributed by atoms with Crippen LogP contribution in [0.1, 0.15) is 30.5 Å². The van der Waals surface area contributed by atoms with Gasteiger partial charge in [-0.05, 0) is 86.2 Å². The van der Waals surface area contributed by atoms with Crippen molar-refractivity contribution in [1.29, 1.82) is 0 Å². The molecule has 0 aliphatic carbocycles. The maximum absolute atomic E-state index is 15.0. The second-order valence-electron chi connectivity index (χ2n) is 7.94.